The van der Waals surface area contributed by atoms with E-state index in [-0.39, 0.29) is 37.2 Å². The molecule has 4 rings (SSSR count). The lowest BCUT2D eigenvalue weighted by Crippen LogP contribution is -2.45. The summed E-state index contributed by atoms with van der Waals surface area (Å²) in [7, 11) is 0. The van der Waals surface area contributed by atoms with Crippen molar-refractivity contribution in [3.05, 3.63) is 83.4 Å². The topological polar surface area (TPSA) is 41.6 Å². The first-order valence-electron chi connectivity index (χ1n) is 10.6. The molecule has 1 fully saturated rings. The minimum absolute atomic E-state index is 0.103. The molecule has 168 valence electrons. The number of carbonyl (C=O) groups is 1. The molecule has 0 bridgehead atoms. The van der Waals surface area contributed by atoms with Crippen LogP contribution in [0.4, 0.5) is 13.2 Å². The number of ether oxygens (including phenoxy) is 1. The number of alkyl halides is 3. The third kappa shape index (κ3) is 5.11. The quantitative estimate of drug-likeness (QED) is 0.597. The summed E-state index contributed by atoms with van der Waals surface area (Å²) in [5, 5.41) is 5.23. The van der Waals surface area contributed by atoms with Crippen molar-refractivity contribution in [2.24, 2.45) is 0 Å². The molecule has 3 aromatic rings. The second-order valence-electron chi connectivity index (χ2n) is 8.08. The largest absolute Gasteiger partial charge is 0.416 e. The maximum Gasteiger partial charge on any atom is 0.416 e. The van der Waals surface area contributed by atoms with Crippen LogP contribution >= 0.6 is 0 Å². The van der Waals surface area contributed by atoms with Crippen LogP contribution in [0.2, 0.25) is 0 Å². The fraction of sp³-hybridized carbons (Fsp3) is 0.320. The first kappa shape index (κ1) is 22.3. The van der Waals surface area contributed by atoms with E-state index in [1.807, 2.05) is 48.2 Å². The van der Waals surface area contributed by atoms with E-state index in [1.165, 1.54) is 12.1 Å². The fourth-order valence-corrected chi connectivity index (χ4v) is 4.12. The van der Waals surface area contributed by atoms with Crippen LogP contribution in [-0.2, 0) is 15.7 Å². The third-order valence-corrected chi connectivity index (χ3v) is 5.78. The molecule has 32 heavy (non-hydrogen) atoms. The lowest BCUT2D eigenvalue weighted by Gasteiger charge is -2.34. The number of nitrogens with zero attached hydrogens (tertiary/aromatic N) is 1. The summed E-state index contributed by atoms with van der Waals surface area (Å²) in [5.74, 6) is -0.171. The molecule has 1 amide bonds. The molecule has 1 saturated heterocycles. The Bertz CT molecular complexity index is 1100. The maximum absolute atomic E-state index is 13.4. The normalized spacial score (nSPS) is 18.4. The maximum atomic E-state index is 13.4. The molecule has 1 heterocycles. The molecule has 1 aliphatic rings. The zero-order valence-corrected chi connectivity index (χ0v) is 17.7. The average molecular weight is 442 g/mol. The zero-order valence-electron chi connectivity index (χ0n) is 17.7. The van der Waals surface area contributed by atoms with Gasteiger partial charge in [-0.2, -0.15) is 13.2 Å². The highest BCUT2D eigenvalue weighted by Crippen LogP contribution is 2.36. The summed E-state index contributed by atoms with van der Waals surface area (Å²) in [6.07, 6.45) is -5.18. The Labute approximate surface area is 185 Å². The molecule has 1 N–H and O–H groups in total. The van der Waals surface area contributed by atoms with Crippen molar-refractivity contribution in [3.63, 3.8) is 0 Å². The number of rotatable bonds is 5. The summed E-state index contributed by atoms with van der Waals surface area (Å²) in [6.45, 7) is 3.01. The van der Waals surface area contributed by atoms with Gasteiger partial charge in [0.05, 0.1) is 30.9 Å². The number of benzene rings is 3. The molecule has 2 unspecified atom stereocenters. The summed E-state index contributed by atoms with van der Waals surface area (Å²) in [5.41, 5.74) is 0.409. The number of morpholine rings is 1. The highest BCUT2D eigenvalue weighted by atomic mass is 19.4. The van der Waals surface area contributed by atoms with E-state index in [0.717, 1.165) is 22.4 Å². The lowest BCUT2D eigenvalue weighted by molar-refractivity contribution is -0.141. The van der Waals surface area contributed by atoms with Crippen LogP contribution in [0.1, 0.15) is 35.8 Å². The standard InChI is InChI=1S/C25H25F3N2O2/c1-17(19-11-10-18-6-2-3-7-20(18)14-19)29-24(31)16-30-12-13-32-23(15-30)21-8-4-5-9-22(21)25(26,27)28/h2-11,14,17,23H,12-13,15-16H2,1H3,(H,29,31). The summed E-state index contributed by atoms with van der Waals surface area (Å²) in [4.78, 5) is 14.5. The third-order valence-electron chi connectivity index (χ3n) is 5.78. The molecule has 3 aromatic carbocycles. The Hall–Kier alpha value is -2.90. The summed E-state index contributed by atoms with van der Waals surface area (Å²) < 4.78 is 45.8. The fourth-order valence-electron chi connectivity index (χ4n) is 4.12. The number of carbonyl (C=O) groups excluding carboxylic acids is 1. The second kappa shape index (κ2) is 9.30. The van der Waals surface area contributed by atoms with Gasteiger partial charge in [-0.05, 0) is 41.0 Å². The average Bonchev–Trinajstić information content (AvgIpc) is 2.78. The Kier molecular flexibility index (Phi) is 6.48. The van der Waals surface area contributed by atoms with Crippen molar-refractivity contribution in [1.29, 1.82) is 0 Å². The molecule has 0 radical (unpaired) electrons. The van der Waals surface area contributed by atoms with Crippen molar-refractivity contribution in [2.75, 3.05) is 26.2 Å². The van der Waals surface area contributed by atoms with Crippen molar-refractivity contribution >= 4 is 16.7 Å². The first-order valence-corrected chi connectivity index (χ1v) is 10.6. The van der Waals surface area contributed by atoms with Crippen LogP contribution < -0.4 is 5.32 Å². The molecular weight excluding hydrogens is 417 g/mol. The monoisotopic (exact) mass is 442 g/mol. The van der Waals surface area contributed by atoms with Crippen LogP contribution in [0.5, 0.6) is 0 Å². The van der Waals surface area contributed by atoms with E-state index in [1.54, 1.807) is 6.07 Å². The van der Waals surface area contributed by atoms with E-state index >= 15 is 0 Å². The highest BCUT2D eigenvalue weighted by Gasteiger charge is 2.36. The highest BCUT2D eigenvalue weighted by molar-refractivity contribution is 5.83. The number of nitrogens with one attached hydrogen (secondary N) is 1. The van der Waals surface area contributed by atoms with E-state index in [4.69, 9.17) is 4.74 Å². The van der Waals surface area contributed by atoms with Crippen molar-refractivity contribution in [2.45, 2.75) is 25.2 Å². The zero-order chi connectivity index (χ0) is 22.7. The molecule has 0 aliphatic carbocycles. The molecule has 1 aliphatic heterocycles. The van der Waals surface area contributed by atoms with Gasteiger partial charge in [-0.1, -0.05) is 54.6 Å². The van der Waals surface area contributed by atoms with Crippen LogP contribution in [0.15, 0.2) is 66.7 Å². The molecule has 0 spiro atoms. The van der Waals surface area contributed by atoms with Gasteiger partial charge in [0, 0.05) is 13.1 Å². The van der Waals surface area contributed by atoms with Gasteiger partial charge in [0.25, 0.3) is 0 Å². The van der Waals surface area contributed by atoms with Gasteiger partial charge in [0.15, 0.2) is 0 Å². The number of hydrogen-bond acceptors (Lipinski definition) is 3. The van der Waals surface area contributed by atoms with Gasteiger partial charge in [-0.3, -0.25) is 9.69 Å². The second-order valence-corrected chi connectivity index (χ2v) is 8.08. The lowest BCUT2D eigenvalue weighted by atomic mass is 10.0. The van der Waals surface area contributed by atoms with Gasteiger partial charge >= 0.3 is 6.18 Å². The number of fused-ring (bicyclic) bond motifs is 1. The Morgan fingerprint density at radius 2 is 1.81 bits per heavy atom. The Balaban J connectivity index is 1.39. The van der Waals surface area contributed by atoms with Crippen LogP contribution in [0, 0.1) is 0 Å². The van der Waals surface area contributed by atoms with E-state index < -0.39 is 17.8 Å². The predicted molar refractivity (Wildman–Crippen MR) is 117 cm³/mol. The first-order chi connectivity index (χ1) is 15.3. The molecule has 0 aromatic heterocycles. The molecule has 4 nitrogen and oxygen atoms in total. The Morgan fingerprint density at radius 3 is 2.59 bits per heavy atom. The van der Waals surface area contributed by atoms with Crippen molar-refractivity contribution in [3.8, 4) is 0 Å². The molecule has 0 saturated carbocycles. The van der Waals surface area contributed by atoms with Gasteiger partial charge in [0.2, 0.25) is 5.91 Å². The van der Waals surface area contributed by atoms with Gasteiger partial charge in [-0.25, -0.2) is 0 Å². The van der Waals surface area contributed by atoms with E-state index in [0.29, 0.717) is 6.54 Å². The smallest absolute Gasteiger partial charge is 0.371 e. The molecular formula is C25H25F3N2O2. The summed E-state index contributed by atoms with van der Waals surface area (Å²) in [6, 6.07) is 19.4. The number of halogens is 3. The van der Waals surface area contributed by atoms with Crippen molar-refractivity contribution in [1.82, 2.24) is 10.2 Å². The number of amides is 1. The Morgan fingerprint density at radius 1 is 1.09 bits per heavy atom. The minimum Gasteiger partial charge on any atom is -0.371 e. The van der Waals surface area contributed by atoms with Crippen LogP contribution in [-0.4, -0.2) is 37.0 Å². The van der Waals surface area contributed by atoms with Gasteiger partial charge in [0.1, 0.15) is 0 Å². The SMILES string of the molecule is CC(NC(=O)CN1CCOC(c2ccccc2C(F)(F)F)C1)c1ccc2ccccc2c1. The molecule has 7 heteroatoms. The van der Waals surface area contributed by atoms with E-state index in [9.17, 15) is 18.0 Å². The van der Waals surface area contributed by atoms with Crippen molar-refractivity contribution < 1.29 is 22.7 Å². The summed E-state index contributed by atoms with van der Waals surface area (Å²) >= 11 is 0. The number of hydrogen-bond donors (Lipinski definition) is 1. The van der Waals surface area contributed by atoms with E-state index in [2.05, 4.69) is 11.4 Å². The van der Waals surface area contributed by atoms with Gasteiger partial charge < -0.3 is 10.1 Å². The van der Waals surface area contributed by atoms with Gasteiger partial charge in [-0.15, -0.1) is 0 Å². The van der Waals surface area contributed by atoms with Crippen LogP contribution in [0.25, 0.3) is 10.8 Å². The van der Waals surface area contributed by atoms with Crippen LogP contribution in [0.3, 0.4) is 0 Å². The minimum atomic E-state index is -4.45. The predicted octanol–water partition coefficient (Wildman–Crippen LogP) is 5.11. The molecule has 2 atom stereocenters.